The van der Waals surface area contributed by atoms with Gasteiger partial charge in [0.1, 0.15) is 0 Å². The molecule has 0 saturated heterocycles. The van der Waals surface area contributed by atoms with Crippen LogP contribution < -0.4 is 5.32 Å². The van der Waals surface area contributed by atoms with E-state index in [2.05, 4.69) is 5.32 Å². The van der Waals surface area contributed by atoms with Crippen molar-refractivity contribution in [1.82, 2.24) is 4.31 Å². The van der Waals surface area contributed by atoms with E-state index >= 15 is 0 Å². The maximum Gasteiger partial charge on any atom is 0.418 e. The van der Waals surface area contributed by atoms with Gasteiger partial charge in [0.25, 0.3) is 5.69 Å². The van der Waals surface area contributed by atoms with Crippen LogP contribution in [0.1, 0.15) is 18.1 Å². The monoisotopic (exact) mass is 479 g/mol. The second-order valence-electron chi connectivity index (χ2n) is 6.33. The topological polar surface area (TPSA) is 110 Å². The average molecular weight is 480 g/mol. The SMILES string of the molecule is CCN(CC(=O)Nc1ccccc1C(F)(F)F)S(=O)(=O)c1cc(Cl)c(C)c([N+](=O)[O-])c1. The van der Waals surface area contributed by atoms with Gasteiger partial charge in [-0.1, -0.05) is 30.7 Å². The number of amides is 1. The second kappa shape index (κ2) is 9.20. The number of benzene rings is 2. The summed E-state index contributed by atoms with van der Waals surface area (Å²) in [6, 6.07) is 6.07. The van der Waals surface area contributed by atoms with Gasteiger partial charge in [-0.3, -0.25) is 14.9 Å². The minimum atomic E-state index is -4.72. The average Bonchev–Trinajstić information content (AvgIpc) is 2.67. The van der Waals surface area contributed by atoms with Crippen LogP contribution in [0.2, 0.25) is 5.02 Å². The predicted molar refractivity (Wildman–Crippen MR) is 107 cm³/mol. The highest BCUT2D eigenvalue weighted by Crippen LogP contribution is 2.35. The first kappa shape index (κ1) is 24.6. The zero-order valence-corrected chi connectivity index (χ0v) is 17.8. The first-order valence-electron chi connectivity index (χ1n) is 8.69. The molecule has 0 unspecified atom stereocenters. The quantitative estimate of drug-likeness (QED) is 0.472. The highest BCUT2D eigenvalue weighted by atomic mass is 35.5. The lowest BCUT2D eigenvalue weighted by atomic mass is 10.1. The van der Waals surface area contributed by atoms with Gasteiger partial charge in [0.05, 0.1) is 32.6 Å². The Hall–Kier alpha value is -2.70. The number of hydrogen-bond donors (Lipinski definition) is 1. The number of rotatable bonds is 7. The van der Waals surface area contributed by atoms with E-state index in [0.717, 1.165) is 30.3 Å². The van der Waals surface area contributed by atoms with Crippen LogP contribution in [0, 0.1) is 17.0 Å². The molecule has 0 atom stereocenters. The molecule has 0 aliphatic carbocycles. The van der Waals surface area contributed by atoms with Crippen LogP contribution in [0.25, 0.3) is 0 Å². The number of alkyl halides is 3. The van der Waals surface area contributed by atoms with Gasteiger partial charge in [0, 0.05) is 18.2 Å². The Bertz CT molecular complexity index is 1120. The molecule has 8 nitrogen and oxygen atoms in total. The van der Waals surface area contributed by atoms with E-state index in [0.29, 0.717) is 4.31 Å². The molecule has 0 aliphatic rings. The first-order valence-corrected chi connectivity index (χ1v) is 10.5. The highest BCUT2D eigenvalue weighted by molar-refractivity contribution is 7.89. The number of likely N-dealkylation sites (N-methyl/N-ethyl adjacent to an activating group) is 1. The fourth-order valence-electron chi connectivity index (χ4n) is 2.68. The number of sulfonamides is 1. The largest absolute Gasteiger partial charge is 0.418 e. The van der Waals surface area contributed by atoms with Gasteiger partial charge in [0.15, 0.2) is 0 Å². The van der Waals surface area contributed by atoms with Crippen molar-refractivity contribution in [2.45, 2.75) is 24.9 Å². The van der Waals surface area contributed by atoms with Crippen molar-refractivity contribution in [2.24, 2.45) is 0 Å². The lowest BCUT2D eigenvalue weighted by Crippen LogP contribution is -2.38. The molecule has 0 fully saturated rings. The summed E-state index contributed by atoms with van der Waals surface area (Å²) in [4.78, 5) is 22.2. The van der Waals surface area contributed by atoms with E-state index in [1.54, 1.807) is 0 Å². The Morgan fingerprint density at radius 2 is 1.87 bits per heavy atom. The van der Waals surface area contributed by atoms with Crippen molar-refractivity contribution in [1.29, 1.82) is 0 Å². The third-order valence-electron chi connectivity index (χ3n) is 4.30. The summed E-state index contributed by atoms with van der Waals surface area (Å²) in [5.41, 5.74) is -2.07. The fraction of sp³-hybridized carbons (Fsp3) is 0.278. The molecule has 13 heteroatoms. The number of carbonyl (C=O) groups is 1. The maximum absolute atomic E-state index is 13.1. The molecule has 0 aromatic heterocycles. The van der Waals surface area contributed by atoms with Crippen molar-refractivity contribution >= 4 is 38.9 Å². The van der Waals surface area contributed by atoms with Gasteiger partial charge >= 0.3 is 6.18 Å². The van der Waals surface area contributed by atoms with E-state index in [1.165, 1.54) is 19.9 Å². The van der Waals surface area contributed by atoms with Gasteiger partial charge in [0.2, 0.25) is 15.9 Å². The summed E-state index contributed by atoms with van der Waals surface area (Å²) < 4.78 is 65.7. The Morgan fingerprint density at radius 3 is 2.42 bits per heavy atom. The maximum atomic E-state index is 13.1. The van der Waals surface area contributed by atoms with Crippen LogP contribution >= 0.6 is 11.6 Å². The van der Waals surface area contributed by atoms with E-state index in [1.807, 2.05) is 0 Å². The minimum absolute atomic E-state index is 0.0650. The van der Waals surface area contributed by atoms with Crippen molar-refractivity contribution in [3.05, 3.63) is 62.7 Å². The van der Waals surface area contributed by atoms with E-state index in [4.69, 9.17) is 11.6 Å². The summed E-state index contributed by atoms with van der Waals surface area (Å²) in [5.74, 6) is -1.02. The molecule has 0 radical (unpaired) electrons. The summed E-state index contributed by atoms with van der Waals surface area (Å²) in [5, 5.41) is 13.1. The summed E-state index contributed by atoms with van der Waals surface area (Å²) in [6.45, 7) is 1.71. The third-order valence-corrected chi connectivity index (χ3v) is 6.60. The molecule has 0 saturated carbocycles. The van der Waals surface area contributed by atoms with Crippen molar-refractivity contribution in [3.63, 3.8) is 0 Å². The molecule has 0 bridgehead atoms. The van der Waals surface area contributed by atoms with Gasteiger partial charge < -0.3 is 5.32 Å². The van der Waals surface area contributed by atoms with E-state index in [9.17, 15) is 36.5 Å². The number of nitro benzene ring substituents is 1. The Labute approximate surface area is 180 Å². The van der Waals surface area contributed by atoms with Crippen molar-refractivity contribution < 1.29 is 31.3 Å². The molecular formula is C18H17ClF3N3O5S. The van der Waals surface area contributed by atoms with Gasteiger partial charge in [-0.2, -0.15) is 17.5 Å². The van der Waals surface area contributed by atoms with Crippen LogP contribution in [0.5, 0.6) is 0 Å². The highest BCUT2D eigenvalue weighted by Gasteiger charge is 2.34. The fourth-order valence-corrected chi connectivity index (χ4v) is 4.42. The molecule has 0 aliphatic heterocycles. The van der Waals surface area contributed by atoms with Crippen LogP contribution in [0.15, 0.2) is 41.3 Å². The van der Waals surface area contributed by atoms with Crippen LogP contribution in [-0.4, -0.2) is 36.6 Å². The Balaban J connectivity index is 2.33. The molecule has 2 aromatic rings. The number of nitro groups is 1. The smallest absolute Gasteiger partial charge is 0.324 e. The predicted octanol–water partition coefficient (Wildman–Crippen LogP) is 4.22. The minimum Gasteiger partial charge on any atom is -0.324 e. The summed E-state index contributed by atoms with van der Waals surface area (Å²) >= 11 is 5.92. The van der Waals surface area contributed by atoms with E-state index < -0.39 is 55.4 Å². The van der Waals surface area contributed by atoms with Gasteiger partial charge in [-0.25, -0.2) is 8.42 Å². The number of hydrogen-bond acceptors (Lipinski definition) is 5. The molecule has 0 heterocycles. The van der Waals surface area contributed by atoms with Crippen molar-refractivity contribution in [3.8, 4) is 0 Å². The normalized spacial score (nSPS) is 12.1. The summed E-state index contributed by atoms with van der Waals surface area (Å²) in [7, 11) is -4.41. The molecule has 2 aromatic carbocycles. The summed E-state index contributed by atoms with van der Waals surface area (Å²) in [6.07, 6.45) is -4.72. The van der Waals surface area contributed by atoms with E-state index in [-0.39, 0.29) is 17.1 Å². The van der Waals surface area contributed by atoms with Gasteiger partial charge in [-0.05, 0) is 25.1 Å². The number of para-hydroxylation sites is 1. The first-order chi connectivity index (χ1) is 14.3. The number of halogens is 4. The number of anilines is 1. The Kier molecular flexibility index (Phi) is 7.29. The van der Waals surface area contributed by atoms with Crippen LogP contribution in [0.4, 0.5) is 24.5 Å². The third kappa shape index (κ3) is 5.51. The Morgan fingerprint density at radius 1 is 1.26 bits per heavy atom. The van der Waals surface area contributed by atoms with Crippen molar-refractivity contribution in [2.75, 3.05) is 18.4 Å². The molecule has 1 N–H and O–H groups in total. The molecule has 0 spiro atoms. The lowest BCUT2D eigenvalue weighted by Gasteiger charge is -2.21. The lowest BCUT2D eigenvalue weighted by molar-refractivity contribution is -0.385. The molecule has 1 amide bonds. The number of carbonyl (C=O) groups excluding carboxylic acids is 1. The second-order valence-corrected chi connectivity index (χ2v) is 8.67. The zero-order valence-electron chi connectivity index (χ0n) is 16.2. The molecular weight excluding hydrogens is 463 g/mol. The number of nitrogens with one attached hydrogen (secondary N) is 1. The zero-order chi connectivity index (χ0) is 23.6. The van der Waals surface area contributed by atoms with Crippen LogP contribution in [0.3, 0.4) is 0 Å². The van der Waals surface area contributed by atoms with Crippen LogP contribution in [-0.2, 0) is 21.0 Å². The molecule has 2 rings (SSSR count). The van der Waals surface area contributed by atoms with Gasteiger partial charge in [-0.15, -0.1) is 0 Å². The number of nitrogens with zero attached hydrogens (tertiary/aromatic N) is 2. The standard InChI is InChI=1S/C18H17ClF3N3O5S/c1-3-24(10-17(26)23-15-7-5-4-6-13(15)18(20,21)22)31(29,30)12-8-14(19)11(2)16(9-12)25(27)28/h4-9H,3,10H2,1-2H3,(H,23,26). The molecule has 168 valence electrons. The molecule has 31 heavy (non-hydrogen) atoms.